The molecule has 1 amide bonds. The lowest BCUT2D eigenvalue weighted by Crippen LogP contribution is -2.34. The molecule has 0 aromatic carbocycles. The highest BCUT2D eigenvalue weighted by atomic mass is 35.5. The smallest absolute Gasteiger partial charge is 0.222 e. The summed E-state index contributed by atoms with van der Waals surface area (Å²) in [6.07, 6.45) is 9.90. The molecular weight excluding hydrogens is 248 g/mol. The first kappa shape index (κ1) is 15.8. The van der Waals surface area contributed by atoms with E-state index in [1.54, 1.807) is 0 Å². The van der Waals surface area contributed by atoms with Crippen LogP contribution in [0.15, 0.2) is 0 Å². The van der Waals surface area contributed by atoms with Gasteiger partial charge in [-0.05, 0) is 25.3 Å². The lowest BCUT2D eigenvalue weighted by molar-refractivity contribution is -0.131. The van der Waals surface area contributed by atoms with Crippen LogP contribution < -0.4 is 5.32 Å². The predicted octanol–water partition coefficient (Wildman–Crippen LogP) is 2.59. The zero-order chi connectivity index (χ0) is 11.9. The summed E-state index contributed by atoms with van der Waals surface area (Å²) in [6.45, 7) is 3.89. The molecule has 0 unspecified atom stereocenters. The van der Waals surface area contributed by atoms with E-state index < -0.39 is 0 Å². The molecule has 1 aliphatic heterocycles. The third-order valence-electron chi connectivity index (χ3n) is 4.18. The van der Waals surface area contributed by atoms with Gasteiger partial charge < -0.3 is 10.2 Å². The number of carbonyl (C=O) groups is 1. The van der Waals surface area contributed by atoms with Crippen LogP contribution >= 0.6 is 12.4 Å². The monoisotopic (exact) mass is 274 g/mol. The second-order valence-electron chi connectivity index (χ2n) is 5.53. The average molecular weight is 275 g/mol. The van der Waals surface area contributed by atoms with Crippen LogP contribution in [0.4, 0.5) is 0 Å². The van der Waals surface area contributed by atoms with Gasteiger partial charge in [-0.25, -0.2) is 0 Å². The SMILES string of the molecule is Cl.O=C(CCC1CCCCC1)N1CCCNCC1. The summed E-state index contributed by atoms with van der Waals surface area (Å²) >= 11 is 0. The molecule has 2 aliphatic rings. The highest BCUT2D eigenvalue weighted by molar-refractivity contribution is 5.85. The number of hydrogen-bond donors (Lipinski definition) is 1. The Morgan fingerprint density at radius 1 is 1.06 bits per heavy atom. The van der Waals surface area contributed by atoms with Gasteiger partial charge in [-0.2, -0.15) is 0 Å². The van der Waals surface area contributed by atoms with Crippen molar-refractivity contribution in [3.8, 4) is 0 Å². The predicted molar refractivity (Wildman–Crippen MR) is 77.1 cm³/mol. The van der Waals surface area contributed by atoms with Crippen molar-refractivity contribution in [2.45, 2.75) is 51.4 Å². The summed E-state index contributed by atoms with van der Waals surface area (Å²) in [5.74, 6) is 1.22. The van der Waals surface area contributed by atoms with Crippen molar-refractivity contribution in [3.63, 3.8) is 0 Å². The highest BCUT2D eigenvalue weighted by Gasteiger charge is 2.18. The van der Waals surface area contributed by atoms with Gasteiger partial charge >= 0.3 is 0 Å². The van der Waals surface area contributed by atoms with Crippen molar-refractivity contribution in [2.24, 2.45) is 5.92 Å². The zero-order valence-electron chi connectivity index (χ0n) is 11.3. The van der Waals surface area contributed by atoms with Gasteiger partial charge in [0.15, 0.2) is 0 Å². The van der Waals surface area contributed by atoms with Gasteiger partial charge in [0.25, 0.3) is 0 Å². The molecule has 0 radical (unpaired) electrons. The van der Waals surface area contributed by atoms with E-state index in [9.17, 15) is 4.79 Å². The molecule has 1 heterocycles. The maximum absolute atomic E-state index is 12.1. The number of nitrogens with zero attached hydrogens (tertiary/aromatic N) is 1. The third-order valence-corrected chi connectivity index (χ3v) is 4.18. The molecule has 1 saturated carbocycles. The maximum atomic E-state index is 12.1. The molecule has 4 heteroatoms. The van der Waals surface area contributed by atoms with Crippen LogP contribution in [0.1, 0.15) is 51.4 Å². The fraction of sp³-hybridized carbons (Fsp3) is 0.929. The summed E-state index contributed by atoms with van der Waals surface area (Å²) in [6, 6.07) is 0. The van der Waals surface area contributed by atoms with E-state index in [0.717, 1.165) is 51.4 Å². The van der Waals surface area contributed by atoms with Gasteiger partial charge in [-0.1, -0.05) is 32.1 Å². The first-order chi connectivity index (χ1) is 8.36. The topological polar surface area (TPSA) is 32.3 Å². The normalized spacial score (nSPS) is 22.1. The Hall–Kier alpha value is -0.280. The van der Waals surface area contributed by atoms with Crippen LogP contribution in [0, 0.1) is 5.92 Å². The molecule has 18 heavy (non-hydrogen) atoms. The summed E-state index contributed by atoms with van der Waals surface area (Å²) in [4.78, 5) is 14.2. The molecular formula is C14H27ClN2O. The number of hydrogen-bond acceptors (Lipinski definition) is 2. The van der Waals surface area contributed by atoms with Crippen LogP contribution in [0.3, 0.4) is 0 Å². The van der Waals surface area contributed by atoms with E-state index in [4.69, 9.17) is 0 Å². The van der Waals surface area contributed by atoms with Crippen LogP contribution in [0.5, 0.6) is 0 Å². The number of carbonyl (C=O) groups excluding carboxylic acids is 1. The molecule has 0 aromatic heterocycles. The molecule has 2 rings (SSSR count). The lowest BCUT2D eigenvalue weighted by atomic mass is 9.86. The number of rotatable bonds is 3. The highest BCUT2D eigenvalue weighted by Crippen LogP contribution is 2.27. The van der Waals surface area contributed by atoms with E-state index in [1.807, 2.05) is 0 Å². The molecule has 3 nitrogen and oxygen atoms in total. The van der Waals surface area contributed by atoms with Gasteiger partial charge in [-0.3, -0.25) is 4.79 Å². The first-order valence-corrected chi connectivity index (χ1v) is 7.35. The molecule has 1 aliphatic carbocycles. The Kier molecular flexibility index (Phi) is 7.68. The van der Waals surface area contributed by atoms with Crippen molar-refractivity contribution < 1.29 is 4.79 Å². The minimum absolute atomic E-state index is 0. The summed E-state index contributed by atoms with van der Waals surface area (Å²) in [5, 5.41) is 3.34. The van der Waals surface area contributed by atoms with E-state index in [0.29, 0.717) is 5.91 Å². The Morgan fingerprint density at radius 3 is 2.61 bits per heavy atom. The minimum atomic E-state index is 0. The van der Waals surface area contributed by atoms with Gasteiger partial charge in [0.2, 0.25) is 5.91 Å². The molecule has 0 aromatic rings. The molecule has 1 N–H and O–H groups in total. The van der Waals surface area contributed by atoms with Crippen LogP contribution in [0.2, 0.25) is 0 Å². The fourth-order valence-electron chi connectivity index (χ4n) is 3.06. The lowest BCUT2D eigenvalue weighted by Gasteiger charge is -2.24. The second-order valence-corrected chi connectivity index (χ2v) is 5.53. The Labute approximate surface area is 117 Å². The van der Waals surface area contributed by atoms with E-state index in [1.165, 1.54) is 32.1 Å². The molecule has 1 saturated heterocycles. The largest absolute Gasteiger partial charge is 0.341 e. The number of amides is 1. The summed E-state index contributed by atoms with van der Waals surface area (Å²) < 4.78 is 0. The third kappa shape index (κ3) is 5.15. The standard InChI is InChI=1S/C14H26N2O.ClH/c17-14(16-11-4-9-15-10-12-16)8-7-13-5-2-1-3-6-13;/h13,15H,1-12H2;1H. The van der Waals surface area contributed by atoms with Crippen molar-refractivity contribution in [1.82, 2.24) is 10.2 Å². The molecule has 2 fully saturated rings. The van der Waals surface area contributed by atoms with Crippen molar-refractivity contribution in [1.29, 1.82) is 0 Å². The molecule has 0 atom stereocenters. The van der Waals surface area contributed by atoms with Crippen molar-refractivity contribution in [2.75, 3.05) is 26.2 Å². The molecule has 0 spiro atoms. The zero-order valence-corrected chi connectivity index (χ0v) is 12.1. The maximum Gasteiger partial charge on any atom is 0.222 e. The Bertz CT molecular complexity index is 234. The van der Waals surface area contributed by atoms with Gasteiger partial charge in [0.05, 0.1) is 0 Å². The average Bonchev–Trinajstić information content (AvgIpc) is 2.66. The van der Waals surface area contributed by atoms with Crippen LogP contribution in [0.25, 0.3) is 0 Å². The number of halogens is 1. The Balaban J connectivity index is 0.00000162. The van der Waals surface area contributed by atoms with E-state index in [-0.39, 0.29) is 12.4 Å². The fourth-order valence-corrected chi connectivity index (χ4v) is 3.06. The second kappa shape index (κ2) is 8.76. The van der Waals surface area contributed by atoms with Gasteiger partial charge in [0, 0.05) is 26.1 Å². The Morgan fingerprint density at radius 2 is 1.83 bits per heavy atom. The van der Waals surface area contributed by atoms with E-state index in [2.05, 4.69) is 10.2 Å². The van der Waals surface area contributed by atoms with Gasteiger partial charge in [0.1, 0.15) is 0 Å². The summed E-state index contributed by atoms with van der Waals surface area (Å²) in [5.41, 5.74) is 0. The van der Waals surface area contributed by atoms with Gasteiger partial charge in [-0.15, -0.1) is 12.4 Å². The molecule has 106 valence electrons. The van der Waals surface area contributed by atoms with Crippen LogP contribution in [-0.2, 0) is 4.79 Å². The van der Waals surface area contributed by atoms with Crippen molar-refractivity contribution >= 4 is 18.3 Å². The minimum Gasteiger partial charge on any atom is -0.341 e. The van der Waals surface area contributed by atoms with E-state index >= 15 is 0 Å². The quantitative estimate of drug-likeness (QED) is 0.858. The van der Waals surface area contributed by atoms with Crippen molar-refractivity contribution in [3.05, 3.63) is 0 Å². The first-order valence-electron chi connectivity index (χ1n) is 7.35. The molecule has 0 bridgehead atoms. The number of nitrogens with one attached hydrogen (secondary N) is 1. The summed E-state index contributed by atoms with van der Waals surface area (Å²) in [7, 11) is 0. The van der Waals surface area contributed by atoms with Crippen LogP contribution in [-0.4, -0.2) is 37.0 Å².